The van der Waals surface area contributed by atoms with Gasteiger partial charge in [0.05, 0.1) is 6.04 Å². The lowest BCUT2D eigenvalue weighted by molar-refractivity contribution is 0.707. The Morgan fingerprint density at radius 2 is 1.17 bits per heavy atom. The van der Waals surface area contributed by atoms with Crippen molar-refractivity contribution < 1.29 is 0 Å². The predicted molar refractivity (Wildman–Crippen MR) is 141 cm³/mol. The highest BCUT2D eigenvalue weighted by atomic mass is 31.1. The van der Waals surface area contributed by atoms with Crippen LogP contribution in [0.4, 0.5) is 0 Å². The van der Waals surface area contributed by atoms with E-state index in [9.17, 15) is 0 Å². The van der Waals surface area contributed by atoms with Crippen LogP contribution in [0.5, 0.6) is 0 Å². The van der Waals surface area contributed by atoms with Crippen LogP contribution in [0.25, 0.3) is 0 Å². The van der Waals surface area contributed by atoms with Crippen LogP contribution in [0, 0.1) is 0 Å². The van der Waals surface area contributed by atoms with Gasteiger partial charge in [-0.15, -0.1) is 0 Å². The third kappa shape index (κ3) is 8.79. The molecule has 3 heteroatoms. The van der Waals surface area contributed by atoms with Crippen molar-refractivity contribution in [2.45, 2.75) is 110 Å². The lowest BCUT2D eigenvalue weighted by atomic mass is 10.0. The van der Waals surface area contributed by atoms with E-state index in [1.54, 1.807) is 0 Å². The Labute approximate surface area is 185 Å². The number of rotatable bonds is 5. The third-order valence-corrected chi connectivity index (χ3v) is 12.9. The molecule has 1 nitrogen and oxygen atoms in total. The number of allylic oxidation sites excluding steroid dienone is 3. The molecular weight excluding hydrogens is 388 g/mol. The number of hydrogen-bond donors (Lipinski definition) is 0. The standard InChI is InChI=1S/C26H47NP2/c1-23(2,3)28(24(4,5)6)19-17-21-15-13-14-16-22(21)27-18-20-29(25(7,8)9)26(10,11)12/h13-18,22H,19-20H2,1-12H3. The summed E-state index contributed by atoms with van der Waals surface area (Å²) < 4.78 is 0. The normalized spacial score (nSPS) is 20.6. The molecule has 1 rings (SSSR count). The van der Waals surface area contributed by atoms with Crippen LogP contribution >= 0.6 is 15.8 Å². The maximum atomic E-state index is 5.03. The average molecular weight is 436 g/mol. The molecule has 0 aliphatic heterocycles. The minimum atomic E-state index is -0.141. The van der Waals surface area contributed by atoms with Crippen molar-refractivity contribution in [3.8, 4) is 0 Å². The Hall–Kier alpha value is -0.250. The Kier molecular flexibility index (Phi) is 9.16. The molecule has 166 valence electrons. The molecule has 0 amide bonds. The smallest absolute Gasteiger partial charge is 0.0926 e. The van der Waals surface area contributed by atoms with E-state index in [4.69, 9.17) is 4.99 Å². The lowest BCUT2D eigenvalue weighted by Gasteiger charge is -2.41. The van der Waals surface area contributed by atoms with Crippen LogP contribution in [-0.4, -0.2) is 45.2 Å². The van der Waals surface area contributed by atoms with Gasteiger partial charge in [-0.2, -0.15) is 0 Å². The minimum absolute atomic E-state index is 0.124. The van der Waals surface area contributed by atoms with Gasteiger partial charge in [0.1, 0.15) is 0 Å². The maximum Gasteiger partial charge on any atom is 0.0926 e. The molecule has 0 N–H and O–H groups in total. The first kappa shape index (κ1) is 26.8. The van der Waals surface area contributed by atoms with Crippen molar-refractivity contribution in [2.75, 3.05) is 12.3 Å². The zero-order chi connectivity index (χ0) is 22.7. The lowest BCUT2D eigenvalue weighted by Crippen LogP contribution is -2.27. The molecular formula is C26H47NP2. The van der Waals surface area contributed by atoms with Gasteiger partial charge in [-0.1, -0.05) is 129 Å². The van der Waals surface area contributed by atoms with Crippen LogP contribution in [0.3, 0.4) is 0 Å². The van der Waals surface area contributed by atoms with E-state index in [0.717, 1.165) is 6.16 Å². The molecule has 0 aromatic heterocycles. The van der Waals surface area contributed by atoms with Crippen LogP contribution in [0.2, 0.25) is 0 Å². The molecule has 0 bridgehead atoms. The molecule has 0 spiro atoms. The van der Waals surface area contributed by atoms with Crippen molar-refractivity contribution >= 4 is 22.1 Å². The zero-order valence-corrected chi connectivity index (χ0v) is 23.1. The van der Waals surface area contributed by atoms with E-state index in [2.05, 4.69) is 120 Å². The summed E-state index contributed by atoms with van der Waals surface area (Å²) in [6, 6.07) is 0.175. The summed E-state index contributed by atoms with van der Waals surface area (Å²) >= 11 is 0. The topological polar surface area (TPSA) is 12.4 Å². The minimum Gasteiger partial charge on any atom is -0.285 e. The van der Waals surface area contributed by atoms with Crippen LogP contribution in [-0.2, 0) is 0 Å². The van der Waals surface area contributed by atoms with Crippen LogP contribution in [0.15, 0.2) is 40.9 Å². The van der Waals surface area contributed by atoms with Gasteiger partial charge in [-0.25, -0.2) is 0 Å². The molecule has 0 heterocycles. The van der Waals surface area contributed by atoms with E-state index >= 15 is 0 Å². The Morgan fingerprint density at radius 3 is 1.62 bits per heavy atom. The van der Waals surface area contributed by atoms with Crippen molar-refractivity contribution in [3.63, 3.8) is 0 Å². The molecule has 0 aromatic carbocycles. The van der Waals surface area contributed by atoms with Gasteiger partial charge in [-0.3, -0.25) is 4.99 Å². The monoisotopic (exact) mass is 435 g/mol. The molecule has 0 radical (unpaired) electrons. The van der Waals surface area contributed by atoms with E-state index in [0.29, 0.717) is 20.6 Å². The molecule has 1 atom stereocenters. The summed E-state index contributed by atoms with van der Waals surface area (Å²) in [5.41, 5.74) is 1.36. The molecule has 1 unspecified atom stereocenters. The fourth-order valence-electron chi connectivity index (χ4n) is 4.42. The fraction of sp³-hybridized carbons (Fsp3) is 0.731. The SMILES string of the molecule is CC(C)(C)P(CC=NC1C=CC=CC1=CCP(C(C)(C)C)C(C)(C)C)C(C)(C)C. The van der Waals surface area contributed by atoms with Crippen molar-refractivity contribution in [3.05, 3.63) is 36.0 Å². The van der Waals surface area contributed by atoms with E-state index in [1.165, 1.54) is 11.7 Å². The highest BCUT2D eigenvalue weighted by Crippen LogP contribution is 2.59. The van der Waals surface area contributed by atoms with Gasteiger partial charge >= 0.3 is 0 Å². The molecule has 29 heavy (non-hydrogen) atoms. The van der Waals surface area contributed by atoms with Crippen LogP contribution in [0.1, 0.15) is 83.1 Å². The summed E-state index contributed by atoms with van der Waals surface area (Å²) in [6.07, 6.45) is 15.8. The summed E-state index contributed by atoms with van der Waals surface area (Å²) in [6.45, 7) is 28.7. The summed E-state index contributed by atoms with van der Waals surface area (Å²) in [5, 5.41) is 1.39. The average Bonchev–Trinajstić information content (AvgIpc) is 2.47. The number of aliphatic imine (C=N–C) groups is 1. The van der Waals surface area contributed by atoms with Gasteiger partial charge in [0.25, 0.3) is 0 Å². The zero-order valence-electron chi connectivity index (χ0n) is 21.3. The highest BCUT2D eigenvalue weighted by molar-refractivity contribution is 7.61. The van der Waals surface area contributed by atoms with E-state index in [-0.39, 0.29) is 21.9 Å². The van der Waals surface area contributed by atoms with Crippen LogP contribution < -0.4 is 0 Å². The van der Waals surface area contributed by atoms with Gasteiger partial charge in [0.15, 0.2) is 0 Å². The first-order valence-electron chi connectivity index (χ1n) is 11.1. The fourth-order valence-corrected chi connectivity index (χ4v) is 11.3. The number of hydrogen-bond acceptors (Lipinski definition) is 1. The quantitative estimate of drug-likeness (QED) is 0.303. The highest BCUT2D eigenvalue weighted by Gasteiger charge is 2.34. The molecule has 1 aliphatic rings. The number of nitrogens with zero attached hydrogens (tertiary/aromatic N) is 1. The first-order valence-corrected chi connectivity index (χ1v) is 14.1. The predicted octanol–water partition coefficient (Wildman–Crippen LogP) is 8.64. The first-order chi connectivity index (χ1) is 12.9. The largest absolute Gasteiger partial charge is 0.285 e. The second-order valence-corrected chi connectivity index (χ2v) is 19.9. The Bertz CT molecular complexity index is 612. The third-order valence-electron chi connectivity index (χ3n) is 5.31. The van der Waals surface area contributed by atoms with Crippen molar-refractivity contribution in [1.29, 1.82) is 0 Å². The molecule has 0 saturated carbocycles. The van der Waals surface area contributed by atoms with Crippen molar-refractivity contribution in [2.24, 2.45) is 4.99 Å². The summed E-state index contributed by atoms with van der Waals surface area (Å²) in [7, 11) is -0.264. The maximum absolute atomic E-state index is 5.03. The van der Waals surface area contributed by atoms with Gasteiger partial charge in [0, 0.05) is 12.4 Å². The van der Waals surface area contributed by atoms with Gasteiger partial charge < -0.3 is 0 Å². The Morgan fingerprint density at radius 1 is 0.724 bits per heavy atom. The molecule has 0 saturated heterocycles. The van der Waals surface area contributed by atoms with E-state index < -0.39 is 0 Å². The summed E-state index contributed by atoms with van der Waals surface area (Å²) in [5.74, 6) is 0. The molecule has 0 aromatic rings. The molecule has 0 fully saturated rings. The Balaban J connectivity index is 2.98. The summed E-state index contributed by atoms with van der Waals surface area (Å²) in [4.78, 5) is 5.03. The van der Waals surface area contributed by atoms with Gasteiger partial charge in [0.2, 0.25) is 0 Å². The van der Waals surface area contributed by atoms with Crippen molar-refractivity contribution in [1.82, 2.24) is 0 Å². The second-order valence-electron chi connectivity index (χ2n) is 12.1. The molecule has 1 aliphatic carbocycles. The van der Waals surface area contributed by atoms with E-state index in [1.807, 2.05) is 0 Å². The second kappa shape index (κ2) is 9.92. The van der Waals surface area contributed by atoms with Gasteiger partial charge in [-0.05, 0) is 32.4 Å².